The summed E-state index contributed by atoms with van der Waals surface area (Å²) in [6, 6.07) is 5.79. The zero-order chi connectivity index (χ0) is 14.0. The summed E-state index contributed by atoms with van der Waals surface area (Å²) in [5, 5.41) is 4.90. The standard InChI is InChI=1S/C13H15BrClN3O/c1-8-12(15)11(18(2)17-8)7-19-13-9(6-16)4-3-5-10(13)14/h3-5H,6-7,16H2,1-2H3. The summed E-state index contributed by atoms with van der Waals surface area (Å²) >= 11 is 9.66. The molecule has 2 N–H and O–H groups in total. The quantitative estimate of drug-likeness (QED) is 0.927. The number of hydrogen-bond acceptors (Lipinski definition) is 3. The molecule has 0 unspecified atom stereocenters. The third kappa shape index (κ3) is 2.94. The number of rotatable bonds is 4. The Balaban J connectivity index is 2.24. The Hall–Kier alpha value is -1.04. The van der Waals surface area contributed by atoms with E-state index in [1.54, 1.807) is 4.68 Å². The maximum Gasteiger partial charge on any atom is 0.138 e. The minimum Gasteiger partial charge on any atom is -0.486 e. The lowest BCUT2D eigenvalue weighted by Crippen LogP contribution is -2.07. The number of nitrogens with zero attached hydrogens (tertiary/aromatic N) is 2. The molecule has 0 amide bonds. The second kappa shape index (κ2) is 5.94. The van der Waals surface area contributed by atoms with Crippen LogP contribution < -0.4 is 10.5 Å². The van der Waals surface area contributed by atoms with Gasteiger partial charge in [-0.05, 0) is 28.9 Å². The summed E-state index contributed by atoms with van der Waals surface area (Å²) in [5.74, 6) is 0.750. The van der Waals surface area contributed by atoms with Gasteiger partial charge in [0.05, 0.1) is 20.9 Å². The predicted molar refractivity (Wildman–Crippen MR) is 79.3 cm³/mol. The monoisotopic (exact) mass is 343 g/mol. The van der Waals surface area contributed by atoms with Gasteiger partial charge in [-0.2, -0.15) is 5.10 Å². The lowest BCUT2D eigenvalue weighted by molar-refractivity contribution is 0.290. The molecule has 0 saturated heterocycles. The average Bonchev–Trinajstić information content (AvgIpc) is 2.62. The number of ether oxygens (including phenoxy) is 1. The highest BCUT2D eigenvalue weighted by Crippen LogP contribution is 2.30. The van der Waals surface area contributed by atoms with Crippen LogP contribution in [0.3, 0.4) is 0 Å². The molecule has 0 atom stereocenters. The molecule has 0 radical (unpaired) electrons. The molecule has 1 aromatic heterocycles. The highest BCUT2D eigenvalue weighted by atomic mass is 79.9. The van der Waals surface area contributed by atoms with Crippen molar-refractivity contribution in [3.63, 3.8) is 0 Å². The second-order valence-electron chi connectivity index (χ2n) is 4.19. The van der Waals surface area contributed by atoms with Crippen LogP contribution >= 0.6 is 27.5 Å². The zero-order valence-corrected chi connectivity index (χ0v) is 13.1. The van der Waals surface area contributed by atoms with Crippen LogP contribution in [0.5, 0.6) is 5.75 Å². The first-order chi connectivity index (χ1) is 9.04. The van der Waals surface area contributed by atoms with Crippen molar-refractivity contribution in [2.24, 2.45) is 12.8 Å². The van der Waals surface area contributed by atoms with Crippen molar-refractivity contribution in [3.05, 3.63) is 44.6 Å². The number of benzene rings is 1. The number of aryl methyl sites for hydroxylation is 2. The van der Waals surface area contributed by atoms with Crippen molar-refractivity contribution >= 4 is 27.5 Å². The van der Waals surface area contributed by atoms with Gasteiger partial charge >= 0.3 is 0 Å². The van der Waals surface area contributed by atoms with E-state index in [2.05, 4.69) is 21.0 Å². The van der Waals surface area contributed by atoms with Gasteiger partial charge in [-0.25, -0.2) is 0 Å². The van der Waals surface area contributed by atoms with Gasteiger partial charge < -0.3 is 10.5 Å². The summed E-state index contributed by atoms with van der Waals surface area (Å²) in [6.07, 6.45) is 0. The van der Waals surface area contributed by atoms with Crippen molar-refractivity contribution in [1.29, 1.82) is 0 Å². The molecule has 1 heterocycles. The summed E-state index contributed by atoms with van der Waals surface area (Å²) in [7, 11) is 1.85. The fraction of sp³-hybridized carbons (Fsp3) is 0.308. The molecule has 2 aromatic rings. The molecular weight excluding hydrogens is 330 g/mol. The van der Waals surface area contributed by atoms with Crippen molar-refractivity contribution in [1.82, 2.24) is 9.78 Å². The largest absolute Gasteiger partial charge is 0.486 e. The first kappa shape index (κ1) is 14.4. The Morgan fingerprint density at radius 2 is 2.21 bits per heavy atom. The molecule has 0 fully saturated rings. The molecule has 6 heteroatoms. The van der Waals surface area contributed by atoms with E-state index in [4.69, 9.17) is 22.1 Å². The molecule has 4 nitrogen and oxygen atoms in total. The minimum absolute atomic E-state index is 0.353. The van der Waals surface area contributed by atoms with Gasteiger partial charge in [0, 0.05) is 19.2 Å². The van der Waals surface area contributed by atoms with Gasteiger partial charge in [-0.15, -0.1) is 0 Å². The van der Waals surface area contributed by atoms with Crippen LogP contribution in [0.15, 0.2) is 22.7 Å². The number of nitrogens with two attached hydrogens (primary N) is 1. The molecule has 19 heavy (non-hydrogen) atoms. The normalized spacial score (nSPS) is 10.8. The van der Waals surface area contributed by atoms with Gasteiger partial charge in [-0.1, -0.05) is 23.7 Å². The van der Waals surface area contributed by atoms with E-state index >= 15 is 0 Å². The number of aromatic nitrogens is 2. The van der Waals surface area contributed by atoms with E-state index in [1.807, 2.05) is 32.2 Å². The van der Waals surface area contributed by atoms with E-state index in [9.17, 15) is 0 Å². The van der Waals surface area contributed by atoms with Crippen molar-refractivity contribution in [2.75, 3.05) is 0 Å². The Morgan fingerprint density at radius 1 is 1.47 bits per heavy atom. The topological polar surface area (TPSA) is 53.1 Å². The van der Waals surface area contributed by atoms with Crippen LogP contribution in [-0.4, -0.2) is 9.78 Å². The summed E-state index contributed by atoms with van der Waals surface area (Å²) in [5.41, 5.74) is 8.30. The Kier molecular flexibility index (Phi) is 4.50. The van der Waals surface area contributed by atoms with Crippen LogP contribution in [0.1, 0.15) is 17.0 Å². The average molecular weight is 345 g/mol. The number of halogens is 2. The SMILES string of the molecule is Cc1nn(C)c(COc2c(Br)cccc2CN)c1Cl. The lowest BCUT2D eigenvalue weighted by Gasteiger charge is -2.12. The fourth-order valence-electron chi connectivity index (χ4n) is 1.85. The highest BCUT2D eigenvalue weighted by molar-refractivity contribution is 9.10. The van der Waals surface area contributed by atoms with E-state index < -0.39 is 0 Å². The van der Waals surface area contributed by atoms with Crippen LogP contribution in [0.4, 0.5) is 0 Å². The van der Waals surface area contributed by atoms with E-state index in [0.29, 0.717) is 18.2 Å². The van der Waals surface area contributed by atoms with E-state index in [0.717, 1.165) is 27.2 Å². The summed E-state index contributed by atoms with van der Waals surface area (Å²) in [4.78, 5) is 0. The van der Waals surface area contributed by atoms with E-state index in [-0.39, 0.29) is 0 Å². The lowest BCUT2D eigenvalue weighted by atomic mass is 10.2. The molecular formula is C13H15BrClN3O. The smallest absolute Gasteiger partial charge is 0.138 e. The maximum absolute atomic E-state index is 6.19. The molecule has 0 spiro atoms. The molecule has 102 valence electrons. The van der Waals surface area contributed by atoms with Crippen LogP contribution in [0, 0.1) is 6.92 Å². The number of para-hydroxylation sites is 1. The highest BCUT2D eigenvalue weighted by Gasteiger charge is 2.13. The zero-order valence-electron chi connectivity index (χ0n) is 10.8. The minimum atomic E-state index is 0.353. The maximum atomic E-state index is 6.19. The Labute approximate surface area is 125 Å². The molecule has 1 aromatic carbocycles. The van der Waals surface area contributed by atoms with E-state index in [1.165, 1.54) is 0 Å². The van der Waals surface area contributed by atoms with Gasteiger partial charge in [0.1, 0.15) is 12.4 Å². The predicted octanol–water partition coefficient (Wildman–Crippen LogP) is 3.18. The van der Waals surface area contributed by atoms with Crippen LogP contribution in [-0.2, 0) is 20.2 Å². The summed E-state index contributed by atoms with van der Waals surface area (Å²) in [6.45, 7) is 2.65. The van der Waals surface area contributed by atoms with Crippen LogP contribution in [0.25, 0.3) is 0 Å². The van der Waals surface area contributed by atoms with Gasteiger partial charge in [-0.3, -0.25) is 4.68 Å². The molecule has 0 saturated carbocycles. The fourth-order valence-corrected chi connectivity index (χ4v) is 2.59. The number of hydrogen-bond donors (Lipinski definition) is 1. The van der Waals surface area contributed by atoms with Crippen molar-refractivity contribution in [3.8, 4) is 5.75 Å². The Bertz CT molecular complexity index is 598. The van der Waals surface area contributed by atoms with Gasteiger partial charge in [0.2, 0.25) is 0 Å². The molecule has 0 bridgehead atoms. The third-order valence-electron chi connectivity index (χ3n) is 2.88. The van der Waals surface area contributed by atoms with Gasteiger partial charge in [0.15, 0.2) is 0 Å². The molecule has 2 rings (SSSR count). The van der Waals surface area contributed by atoms with Crippen molar-refractivity contribution < 1.29 is 4.74 Å². The molecule has 0 aliphatic heterocycles. The summed E-state index contributed by atoms with van der Waals surface area (Å²) < 4.78 is 8.46. The first-order valence-corrected chi connectivity index (χ1v) is 7.00. The van der Waals surface area contributed by atoms with Gasteiger partial charge in [0.25, 0.3) is 0 Å². The third-order valence-corrected chi connectivity index (χ3v) is 4.00. The first-order valence-electron chi connectivity index (χ1n) is 5.82. The second-order valence-corrected chi connectivity index (χ2v) is 5.42. The van der Waals surface area contributed by atoms with Crippen molar-refractivity contribution in [2.45, 2.75) is 20.1 Å². The molecule has 0 aliphatic carbocycles. The van der Waals surface area contributed by atoms with Crippen LogP contribution in [0.2, 0.25) is 5.02 Å². The Morgan fingerprint density at radius 3 is 2.79 bits per heavy atom. The molecule has 0 aliphatic rings.